The molecule has 0 spiro atoms. The number of rotatable bonds is 5. The highest BCUT2D eigenvalue weighted by Crippen LogP contribution is 2.29. The fourth-order valence-electron chi connectivity index (χ4n) is 1.44. The van der Waals surface area contributed by atoms with Gasteiger partial charge in [-0.05, 0) is 6.92 Å². The summed E-state index contributed by atoms with van der Waals surface area (Å²) in [5.41, 5.74) is 4.96. The van der Waals surface area contributed by atoms with Gasteiger partial charge in [0.05, 0.1) is 18.7 Å². The second-order valence-electron chi connectivity index (χ2n) is 3.65. The molecule has 1 rings (SSSR count). The minimum atomic E-state index is -4.93. The zero-order valence-electron chi connectivity index (χ0n) is 10.5. The molecule has 0 bridgehead atoms. The predicted molar refractivity (Wildman–Crippen MR) is 60.8 cm³/mol. The Labute approximate surface area is 112 Å². The molecule has 0 aliphatic heterocycles. The van der Waals surface area contributed by atoms with E-state index in [0.29, 0.717) is 0 Å². The van der Waals surface area contributed by atoms with E-state index in [1.807, 2.05) is 0 Å². The van der Waals surface area contributed by atoms with E-state index < -0.39 is 30.4 Å². The number of hydrogen-bond donors (Lipinski definition) is 2. The van der Waals surface area contributed by atoms with Crippen LogP contribution in [0.1, 0.15) is 18.2 Å². The van der Waals surface area contributed by atoms with Crippen LogP contribution >= 0.6 is 0 Å². The maximum absolute atomic E-state index is 12.1. The number of pyridine rings is 1. The molecule has 0 aliphatic carbocycles. The molecule has 6 nitrogen and oxygen atoms in total. The van der Waals surface area contributed by atoms with Crippen molar-refractivity contribution in [3.63, 3.8) is 0 Å². The summed E-state index contributed by atoms with van der Waals surface area (Å²) in [6, 6.07) is 0.818. The van der Waals surface area contributed by atoms with Gasteiger partial charge in [0.25, 0.3) is 0 Å². The van der Waals surface area contributed by atoms with Crippen LogP contribution in [0.5, 0.6) is 11.6 Å². The van der Waals surface area contributed by atoms with Crippen LogP contribution in [0.15, 0.2) is 6.07 Å². The van der Waals surface area contributed by atoms with Crippen LogP contribution in [0.25, 0.3) is 0 Å². The summed E-state index contributed by atoms with van der Waals surface area (Å²) in [6.07, 6.45) is -5.35. The van der Waals surface area contributed by atoms with Crippen molar-refractivity contribution in [2.24, 2.45) is 5.73 Å². The number of aromatic hydroxyl groups is 1. The number of nitrogens with zero attached hydrogens (tertiary/aromatic N) is 1. The number of hydrogen-bond acceptors (Lipinski definition) is 6. The monoisotopic (exact) mass is 294 g/mol. The number of carbonyl (C=O) groups is 1. The quantitative estimate of drug-likeness (QED) is 0.794. The minimum Gasteiger partial charge on any atom is -0.506 e. The summed E-state index contributed by atoms with van der Waals surface area (Å²) in [4.78, 5) is 14.7. The lowest BCUT2D eigenvalue weighted by atomic mass is 10.1. The molecule has 0 fully saturated rings. The zero-order valence-corrected chi connectivity index (χ0v) is 10.5. The number of ether oxygens (including phenoxy) is 2. The second-order valence-corrected chi connectivity index (χ2v) is 3.65. The molecule has 112 valence electrons. The van der Waals surface area contributed by atoms with Crippen molar-refractivity contribution in [3.8, 4) is 11.6 Å². The van der Waals surface area contributed by atoms with Gasteiger partial charge in [-0.15, -0.1) is 13.2 Å². The van der Waals surface area contributed by atoms with Crippen molar-refractivity contribution in [3.05, 3.63) is 17.3 Å². The molecule has 0 amide bonds. The number of esters is 1. The molecule has 1 aromatic heterocycles. The molecular formula is C11H13F3N2O4. The van der Waals surface area contributed by atoms with E-state index in [-0.39, 0.29) is 24.4 Å². The van der Waals surface area contributed by atoms with Crippen LogP contribution in [0, 0.1) is 0 Å². The molecule has 20 heavy (non-hydrogen) atoms. The fraction of sp³-hybridized carbons (Fsp3) is 0.455. The molecule has 0 saturated carbocycles. The van der Waals surface area contributed by atoms with Gasteiger partial charge < -0.3 is 20.3 Å². The first-order chi connectivity index (χ1) is 9.26. The lowest BCUT2D eigenvalue weighted by Gasteiger charge is -2.13. The first-order valence-electron chi connectivity index (χ1n) is 5.60. The van der Waals surface area contributed by atoms with Gasteiger partial charge in [-0.3, -0.25) is 4.79 Å². The summed E-state index contributed by atoms with van der Waals surface area (Å²) in [5.74, 6) is -1.94. The van der Waals surface area contributed by atoms with Crippen molar-refractivity contribution in [1.82, 2.24) is 4.98 Å². The predicted octanol–water partition coefficient (Wildman–Crippen LogP) is 1.25. The Bertz CT molecular complexity index is 491. The van der Waals surface area contributed by atoms with Crippen molar-refractivity contribution in [2.75, 3.05) is 6.61 Å². The Morgan fingerprint density at radius 3 is 2.65 bits per heavy atom. The third kappa shape index (κ3) is 4.57. The Morgan fingerprint density at radius 1 is 1.50 bits per heavy atom. The van der Waals surface area contributed by atoms with E-state index in [9.17, 15) is 23.1 Å². The average molecular weight is 294 g/mol. The van der Waals surface area contributed by atoms with Crippen LogP contribution in [-0.4, -0.2) is 29.0 Å². The molecular weight excluding hydrogens is 281 g/mol. The van der Waals surface area contributed by atoms with Crippen molar-refractivity contribution in [1.29, 1.82) is 0 Å². The standard InChI is InChI=1S/C11H13F3N2O4/c1-2-19-9(17)4-6-3-8(20-11(12,13)14)16-7(5-15)10(6)18/h3,18H,2,4-5,15H2,1H3. The van der Waals surface area contributed by atoms with E-state index in [4.69, 9.17) is 5.73 Å². The maximum atomic E-state index is 12.1. The molecule has 1 aromatic rings. The SMILES string of the molecule is CCOC(=O)Cc1cc(OC(F)(F)F)nc(CN)c1O. The number of halogens is 3. The third-order valence-corrected chi connectivity index (χ3v) is 2.17. The highest BCUT2D eigenvalue weighted by molar-refractivity contribution is 5.73. The molecule has 3 N–H and O–H groups in total. The molecule has 1 heterocycles. The second kappa shape index (κ2) is 6.42. The van der Waals surface area contributed by atoms with Gasteiger partial charge in [-0.2, -0.15) is 0 Å². The summed E-state index contributed by atoms with van der Waals surface area (Å²) < 4.78 is 44.7. The third-order valence-electron chi connectivity index (χ3n) is 2.17. The van der Waals surface area contributed by atoms with E-state index in [1.165, 1.54) is 0 Å². The Kier molecular flexibility index (Phi) is 5.14. The van der Waals surface area contributed by atoms with Crippen LogP contribution in [0.2, 0.25) is 0 Å². The summed E-state index contributed by atoms with van der Waals surface area (Å²) in [6.45, 7) is 1.38. The molecule has 0 atom stereocenters. The smallest absolute Gasteiger partial charge is 0.506 e. The van der Waals surface area contributed by atoms with Gasteiger partial charge in [0, 0.05) is 18.2 Å². The van der Waals surface area contributed by atoms with E-state index in [0.717, 1.165) is 6.07 Å². The van der Waals surface area contributed by atoms with Crippen LogP contribution < -0.4 is 10.5 Å². The number of nitrogens with two attached hydrogens (primary N) is 1. The van der Waals surface area contributed by atoms with E-state index in [1.54, 1.807) is 6.92 Å². The molecule has 0 aromatic carbocycles. The van der Waals surface area contributed by atoms with Crippen LogP contribution in [-0.2, 0) is 22.5 Å². The molecule has 0 aliphatic rings. The zero-order chi connectivity index (χ0) is 15.3. The van der Waals surface area contributed by atoms with Crippen molar-refractivity contribution in [2.45, 2.75) is 26.3 Å². The normalized spacial score (nSPS) is 11.2. The summed E-state index contributed by atoms with van der Waals surface area (Å²) in [5, 5.41) is 9.74. The molecule has 0 saturated heterocycles. The maximum Gasteiger partial charge on any atom is 0.574 e. The summed E-state index contributed by atoms with van der Waals surface area (Å²) in [7, 11) is 0. The Hall–Kier alpha value is -2.03. The minimum absolute atomic E-state index is 0.0989. The summed E-state index contributed by atoms with van der Waals surface area (Å²) >= 11 is 0. The molecule has 0 radical (unpaired) electrons. The van der Waals surface area contributed by atoms with Gasteiger partial charge in [0.15, 0.2) is 0 Å². The van der Waals surface area contributed by atoms with Gasteiger partial charge >= 0.3 is 12.3 Å². The highest BCUT2D eigenvalue weighted by atomic mass is 19.4. The van der Waals surface area contributed by atoms with Crippen molar-refractivity contribution >= 4 is 5.97 Å². The number of aromatic nitrogens is 1. The molecule has 0 unspecified atom stereocenters. The first-order valence-corrected chi connectivity index (χ1v) is 5.60. The lowest BCUT2D eigenvalue weighted by molar-refractivity contribution is -0.276. The average Bonchev–Trinajstić information content (AvgIpc) is 2.31. The first kappa shape index (κ1) is 16.0. The van der Waals surface area contributed by atoms with Gasteiger partial charge in [0.2, 0.25) is 5.88 Å². The van der Waals surface area contributed by atoms with Crippen LogP contribution in [0.3, 0.4) is 0 Å². The van der Waals surface area contributed by atoms with E-state index in [2.05, 4.69) is 14.5 Å². The largest absolute Gasteiger partial charge is 0.574 e. The van der Waals surface area contributed by atoms with Crippen LogP contribution in [0.4, 0.5) is 13.2 Å². The topological polar surface area (TPSA) is 94.7 Å². The fourth-order valence-corrected chi connectivity index (χ4v) is 1.44. The highest BCUT2D eigenvalue weighted by Gasteiger charge is 2.32. The van der Waals surface area contributed by atoms with Gasteiger partial charge in [-0.1, -0.05) is 0 Å². The van der Waals surface area contributed by atoms with Crippen molar-refractivity contribution < 1.29 is 32.5 Å². The van der Waals surface area contributed by atoms with Gasteiger partial charge in [-0.25, -0.2) is 4.98 Å². The van der Waals surface area contributed by atoms with Gasteiger partial charge in [0.1, 0.15) is 5.75 Å². The number of alkyl halides is 3. The Morgan fingerprint density at radius 2 is 2.15 bits per heavy atom. The lowest BCUT2D eigenvalue weighted by Crippen LogP contribution is -2.19. The molecule has 9 heteroatoms. The number of carbonyl (C=O) groups excluding carboxylic acids is 1. The van der Waals surface area contributed by atoms with E-state index >= 15 is 0 Å². The Balaban J connectivity index is 3.08.